The lowest BCUT2D eigenvalue weighted by Crippen LogP contribution is -2.23. The lowest BCUT2D eigenvalue weighted by atomic mass is 10.2. The average Bonchev–Trinajstić information content (AvgIpc) is 3.20. The van der Waals surface area contributed by atoms with Crippen LogP contribution in [0.5, 0.6) is 5.75 Å². The molecule has 0 bridgehead atoms. The molecule has 0 aliphatic rings. The number of methoxy groups -OCH3 is 1. The van der Waals surface area contributed by atoms with Crippen molar-refractivity contribution in [2.45, 2.75) is 21.9 Å². The third kappa shape index (κ3) is 5.73. The number of para-hydroxylation sites is 1. The summed E-state index contributed by atoms with van der Waals surface area (Å²) in [5.41, 5.74) is 3.41. The maximum atomic E-state index is 12.5. The molecule has 0 unspecified atom stereocenters. The molecule has 33 heavy (non-hydrogen) atoms. The molecule has 0 aliphatic heterocycles. The molecule has 170 valence electrons. The Kier molecular flexibility index (Phi) is 7.02. The Morgan fingerprint density at radius 2 is 1.85 bits per heavy atom. The fraction of sp³-hybridized carbons (Fsp3) is 0.167. The third-order valence-corrected chi connectivity index (χ3v) is 8.74. The Bertz CT molecular complexity index is 1400. The van der Waals surface area contributed by atoms with Crippen molar-refractivity contribution in [3.05, 3.63) is 77.9 Å². The smallest absolute Gasteiger partial charge is 0.239 e. The standard InChI is InChI=1S/C24H22N2O4S3/c1-16-7-10-19(11-8-16)33(28,29)15-23(27)25-18-9-12-20-22(13-18)32-24(26-20)31-14-17-5-3-4-6-21(17)30-2/h3-13H,14-15H2,1-2H3,(H,25,27). The first kappa shape index (κ1) is 23.3. The SMILES string of the molecule is COc1ccccc1CSc1nc2ccc(NC(=O)CS(=O)(=O)c3ccc(C)cc3)cc2s1. The number of thiazole rings is 1. The van der Waals surface area contributed by atoms with Gasteiger partial charge in [0.1, 0.15) is 11.5 Å². The van der Waals surface area contributed by atoms with E-state index in [0.29, 0.717) is 5.69 Å². The predicted octanol–water partition coefficient (Wildman–Crippen LogP) is 5.32. The van der Waals surface area contributed by atoms with Crippen LogP contribution in [0.4, 0.5) is 5.69 Å². The number of ether oxygens (including phenoxy) is 1. The summed E-state index contributed by atoms with van der Waals surface area (Å²) in [6.45, 7) is 1.88. The van der Waals surface area contributed by atoms with E-state index in [1.807, 2.05) is 43.3 Å². The van der Waals surface area contributed by atoms with Gasteiger partial charge in [-0.3, -0.25) is 4.79 Å². The summed E-state index contributed by atoms with van der Waals surface area (Å²) in [5.74, 6) is 0.378. The Morgan fingerprint density at radius 3 is 2.61 bits per heavy atom. The number of carbonyl (C=O) groups is 1. The summed E-state index contributed by atoms with van der Waals surface area (Å²) >= 11 is 3.14. The number of thioether (sulfide) groups is 1. The Balaban J connectivity index is 1.42. The second kappa shape index (κ2) is 9.94. The van der Waals surface area contributed by atoms with Crippen molar-refractivity contribution >= 4 is 54.7 Å². The minimum atomic E-state index is -3.71. The van der Waals surface area contributed by atoms with E-state index < -0.39 is 21.5 Å². The Hall–Kier alpha value is -2.88. The van der Waals surface area contributed by atoms with Crippen LogP contribution in [-0.4, -0.2) is 32.2 Å². The molecule has 6 nitrogen and oxygen atoms in total. The van der Waals surface area contributed by atoms with Crippen molar-refractivity contribution in [1.82, 2.24) is 4.98 Å². The second-order valence-electron chi connectivity index (χ2n) is 7.38. The zero-order valence-electron chi connectivity index (χ0n) is 18.1. The lowest BCUT2D eigenvalue weighted by molar-refractivity contribution is -0.113. The fourth-order valence-electron chi connectivity index (χ4n) is 3.20. The van der Waals surface area contributed by atoms with Crippen molar-refractivity contribution in [3.8, 4) is 5.75 Å². The van der Waals surface area contributed by atoms with E-state index in [2.05, 4.69) is 10.3 Å². The first-order valence-corrected chi connectivity index (χ1v) is 13.5. The first-order valence-electron chi connectivity index (χ1n) is 10.1. The number of anilines is 1. The number of sulfone groups is 1. The van der Waals surface area contributed by atoms with Crippen LogP contribution >= 0.6 is 23.1 Å². The van der Waals surface area contributed by atoms with E-state index in [0.717, 1.165) is 37.2 Å². The molecule has 0 fully saturated rings. The summed E-state index contributed by atoms with van der Waals surface area (Å²) in [7, 11) is -2.05. The molecule has 4 aromatic rings. The van der Waals surface area contributed by atoms with Crippen LogP contribution in [0.2, 0.25) is 0 Å². The molecule has 0 saturated heterocycles. The van der Waals surface area contributed by atoms with Crippen LogP contribution in [-0.2, 0) is 20.4 Å². The minimum absolute atomic E-state index is 0.137. The number of aryl methyl sites for hydroxylation is 1. The Labute approximate surface area is 200 Å². The average molecular weight is 499 g/mol. The van der Waals surface area contributed by atoms with E-state index >= 15 is 0 Å². The van der Waals surface area contributed by atoms with Gasteiger partial charge in [-0.25, -0.2) is 13.4 Å². The van der Waals surface area contributed by atoms with Gasteiger partial charge in [0, 0.05) is 17.0 Å². The molecule has 0 atom stereocenters. The van der Waals surface area contributed by atoms with Crippen LogP contribution in [0, 0.1) is 6.92 Å². The molecule has 1 amide bonds. The largest absolute Gasteiger partial charge is 0.496 e. The molecular formula is C24H22N2O4S3. The van der Waals surface area contributed by atoms with Crippen molar-refractivity contribution in [2.24, 2.45) is 0 Å². The van der Waals surface area contributed by atoms with Gasteiger partial charge in [-0.2, -0.15) is 0 Å². The summed E-state index contributed by atoms with van der Waals surface area (Å²) in [6, 6.07) is 19.7. The zero-order chi connectivity index (χ0) is 23.4. The Morgan fingerprint density at radius 1 is 1.09 bits per heavy atom. The van der Waals surface area contributed by atoms with Gasteiger partial charge in [0.15, 0.2) is 14.2 Å². The topological polar surface area (TPSA) is 85.4 Å². The highest BCUT2D eigenvalue weighted by molar-refractivity contribution is 8.00. The highest BCUT2D eigenvalue weighted by Gasteiger charge is 2.19. The number of benzene rings is 3. The van der Waals surface area contributed by atoms with Gasteiger partial charge < -0.3 is 10.1 Å². The molecule has 9 heteroatoms. The molecular weight excluding hydrogens is 476 g/mol. The number of carbonyl (C=O) groups excluding carboxylic acids is 1. The van der Waals surface area contributed by atoms with Crippen molar-refractivity contribution in [1.29, 1.82) is 0 Å². The molecule has 1 heterocycles. The maximum absolute atomic E-state index is 12.5. The molecule has 1 N–H and O–H groups in total. The quantitative estimate of drug-likeness (QED) is 0.331. The molecule has 4 rings (SSSR count). The predicted molar refractivity (Wildman–Crippen MR) is 134 cm³/mol. The van der Waals surface area contributed by atoms with Gasteiger partial charge in [-0.15, -0.1) is 11.3 Å². The molecule has 0 saturated carbocycles. The summed E-state index contributed by atoms with van der Waals surface area (Å²) in [6.07, 6.45) is 0. The number of hydrogen-bond donors (Lipinski definition) is 1. The van der Waals surface area contributed by atoms with E-state index in [9.17, 15) is 13.2 Å². The summed E-state index contributed by atoms with van der Waals surface area (Å²) in [4.78, 5) is 17.2. The number of fused-ring (bicyclic) bond motifs is 1. The second-order valence-corrected chi connectivity index (χ2v) is 11.6. The summed E-state index contributed by atoms with van der Waals surface area (Å²) < 4.78 is 32.2. The van der Waals surface area contributed by atoms with E-state index in [4.69, 9.17) is 4.74 Å². The van der Waals surface area contributed by atoms with E-state index in [-0.39, 0.29) is 4.90 Å². The monoisotopic (exact) mass is 498 g/mol. The number of rotatable bonds is 8. The van der Waals surface area contributed by atoms with Gasteiger partial charge in [-0.05, 0) is 43.3 Å². The highest BCUT2D eigenvalue weighted by Crippen LogP contribution is 2.34. The van der Waals surface area contributed by atoms with Gasteiger partial charge >= 0.3 is 0 Å². The number of aromatic nitrogens is 1. The van der Waals surface area contributed by atoms with Crippen LogP contribution in [0.15, 0.2) is 76.0 Å². The number of amides is 1. The molecule has 0 radical (unpaired) electrons. The minimum Gasteiger partial charge on any atom is -0.496 e. The van der Waals surface area contributed by atoms with Gasteiger partial charge in [0.2, 0.25) is 5.91 Å². The van der Waals surface area contributed by atoms with Gasteiger partial charge in [0.05, 0.1) is 22.2 Å². The normalized spacial score (nSPS) is 11.5. The molecule has 0 spiro atoms. The summed E-state index contributed by atoms with van der Waals surface area (Å²) in [5, 5.41) is 2.69. The first-order chi connectivity index (χ1) is 15.8. The van der Waals surface area contributed by atoms with Crippen molar-refractivity contribution < 1.29 is 17.9 Å². The number of hydrogen-bond acceptors (Lipinski definition) is 7. The molecule has 0 aliphatic carbocycles. The van der Waals surface area contributed by atoms with Crippen molar-refractivity contribution in [2.75, 3.05) is 18.2 Å². The van der Waals surface area contributed by atoms with E-state index in [1.165, 1.54) is 23.5 Å². The van der Waals surface area contributed by atoms with Crippen LogP contribution in [0.3, 0.4) is 0 Å². The van der Waals surface area contributed by atoms with Crippen LogP contribution in [0.1, 0.15) is 11.1 Å². The molecule has 3 aromatic carbocycles. The highest BCUT2D eigenvalue weighted by atomic mass is 32.2. The fourth-order valence-corrected chi connectivity index (χ4v) is 6.44. The maximum Gasteiger partial charge on any atom is 0.239 e. The van der Waals surface area contributed by atoms with Gasteiger partial charge in [0.25, 0.3) is 0 Å². The van der Waals surface area contributed by atoms with Gasteiger partial charge in [-0.1, -0.05) is 47.7 Å². The van der Waals surface area contributed by atoms with E-state index in [1.54, 1.807) is 37.1 Å². The number of nitrogens with zero attached hydrogens (tertiary/aromatic N) is 1. The van der Waals surface area contributed by atoms with Crippen molar-refractivity contribution in [3.63, 3.8) is 0 Å². The molecule has 1 aromatic heterocycles. The lowest BCUT2D eigenvalue weighted by Gasteiger charge is -2.07. The third-order valence-electron chi connectivity index (χ3n) is 4.90. The zero-order valence-corrected chi connectivity index (χ0v) is 20.5. The van der Waals surface area contributed by atoms with Crippen LogP contribution in [0.25, 0.3) is 10.2 Å². The number of nitrogens with one attached hydrogen (secondary N) is 1. The van der Waals surface area contributed by atoms with Crippen LogP contribution < -0.4 is 10.1 Å².